The van der Waals surface area contributed by atoms with Crippen LogP contribution in [-0.2, 0) is 6.42 Å². The molecule has 0 fully saturated rings. The Morgan fingerprint density at radius 3 is 2.71 bits per heavy atom. The molecule has 0 saturated carbocycles. The van der Waals surface area contributed by atoms with Crippen LogP contribution in [0, 0.1) is 20.8 Å². The van der Waals surface area contributed by atoms with Gasteiger partial charge in [-0.3, -0.25) is 0 Å². The molecule has 1 aromatic heterocycles. The first-order valence-electron chi connectivity index (χ1n) is 5.87. The fourth-order valence-corrected chi connectivity index (χ4v) is 2.61. The van der Waals surface area contributed by atoms with Crippen LogP contribution in [0.5, 0.6) is 0 Å². The molecule has 0 aliphatic rings. The Kier molecular flexibility index (Phi) is 3.79. The Labute approximate surface area is 107 Å². The lowest BCUT2D eigenvalue weighted by Gasteiger charge is -2.09. The molecule has 0 amide bonds. The lowest BCUT2D eigenvalue weighted by atomic mass is 10.1. The standard InChI is InChI=1S/C14H18N2S/c1-10-4-5-13(11(2)8-10)15-7-6-14-16-12(3)9-17-14/h4-5,8-9,15H,6-7H2,1-3H3. The van der Waals surface area contributed by atoms with Crippen LogP contribution in [0.4, 0.5) is 5.69 Å². The number of aromatic nitrogens is 1. The van der Waals surface area contributed by atoms with Crippen molar-refractivity contribution in [3.05, 3.63) is 45.4 Å². The highest BCUT2D eigenvalue weighted by molar-refractivity contribution is 7.09. The van der Waals surface area contributed by atoms with Crippen LogP contribution in [0.2, 0.25) is 0 Å². The Bertz CT molecular complexity index is 503. The van der Waals surface area contributed by atoms with Crippen LogP contribution in [0.25, 0.3) is 0 Å². The quantitative estimate of drug-likeness (QED) is 0.889. The van der Waals surface area contributed by atoms with Crippen molar-refractivity contribution in [1.29, 1.82) is 0 Å². The van der Waals surface area contributed by atoms with E-state index in [1.807, 2.05) is 6.92 Å². The van der Waals surface area contributed by atoms with Gasteiger partial charge in [0.05, 0.1) is 5.01 Å². The van der Waals surface area contributed by atoms with Crippen molar-refractivity contribution in [3.63, 3.8) is 0 Å². The van der Waals surface area contributed by atoms with Gasteiger partial charge in [-0.2, -0.15) is 0 Å². The van der Waals surface area contributed by atoms with E-state index in [1.165, 1.54) is 21.8 Å². The van der Waals surface area contributed by atoms with Gasteiger partial charge in [0.25, 0.3) is 0 Å². The highest BCUT2D eigenvalue weighted by atomic mass is 32.1. The SMILES string of the molecule is Cc1ccc(NCCc2nc(C)cs2)c(C)c1. The van der Waals surface area contributed by atoms with Crippen LogP contribution < -0.4 is 5.32 Å². The third-order valence-corrected chi connectivity index (χ3v) is 3.73. The minimum absolute atomic E-state index is 0.941. The van der Waals surface area contributed by atoms with Crippen LogP contribution >= 0.6 is 11.3 Å². The lowest BCUT2D eigenvalue weighted by Crippen LogP contribution is -2.05. The lowest BCUT2D eigenvalue weighted by molar-refractivity contribution is 0.985. The molecule has 3 heteroatoms. The zero-order valence-electron chi connectivity index (χ0n) is 10.6. The molecule has 1 aromatic carbocycles. The highest BCUT2D eigenvalue weighted by Gasteiger charge is 2.00. The summed E-state index contributed by atoms with van der Waals surface area (Å²) in [4.78, 5) is 4.46. The van der Waals surface area contributed by atoms with Gasteiger partial charge in [0, 0.05) is 29.7 Å². The molecule has 0 spiro atoms. The number of hydrogen-bond donors (Lipinski definition) is 1. The second-order valence-electron chi connectivity index (χ2n) is 4.38. The Hall–Kier alpha value is -1.35. The molecule has 17 heavy (non-hydrogen) atoms. The average Bonchev–Trinajstić information content (AvgIpc) is 2.68. The van der Waals surface area contributed by atoms with Gasteiger partial charge in [0.2, 0.25) is 0 Å². The third kappa shape index (κ3) is 3.30. The van der Waals surface area contributed by atoms with E-state index in [-0.39, 0.29) is 0 Å². The number of anilines is 1. The third-order valence-electron chi connectivity index (χ3n) is 2.70. The van der Waals surface area contributed by atoms with Crippen molar-refractivity contribution in [2.24, 2.45) is 0 Å². The first-order chi connectivity index (χ1) is 8.15. The minimum Gasteiger partial charge on any atom is -0.384 e. The second kappa shape index (κ2) is 5.32. The maximum atomic E-state index is 4.46. The monoisotopic (exact) mass is 246 g/mol. The Morgan fingerprint density at radius 1 is 1.24 bits per heavy atom. The molecule has 0 radical (unpaired) electrons. The van der Waals surface area contributed by atoms with Crippen molar-refractivity contribution in [1.82, 2.24) is 4.98 Å². The topological polar surface area (TPSA) is 24.9 Å². The van der Waals surface area contributed by atoms with Gasteiger partial charge in [0.1, 0.15) is 0 Å². The van der Waals surface area contributed by atoms with Gasteiger partial charge < -0.3 is 5.32 Å². The van der Waals surface area contributed by atoms with Gasteiger partial charge in [-0.05, 0) is 32.4 Å². The minimum atomic E-state index is 0.941. The Balaban J connectivity index is 1.90. The molecule has 0 saturated heterocycles. The van der Waals surface area contributed by atoms with E-state index >= 15 is 0 Å². The fourth-order valence-electron chi connectivity index (χ4n) is 1.83. The molecule has 0 unspecified atom stereocenters. The van der Waals surface area contributed by atoms with Crippen molar-refractivity contribution in [3.8, 4) is 0 Å². The van der Waals surface area contributed by atoms with Crippen molar-refractivity contribution >= 4 is 17.0 Å². The molecule has 0 bridgehead atoms. The summed E-state index contributed by atoms with van der Waals surface area (Å²) in [6, 6.07) is 6.50. The van der Waals surface area contributed by atoms with Gasteiger partial charge in [-0.25, -0.2) is 4.98 Å². The molecular weight excluding hydrogens is 228 g/mol. The highest BCUT2D eigenvalue weighted by Crippen LogP contribution is 2.16. The van der Waals surface area contributed by atoms with E-state index in [1.54, 1.807) is 11.3 Å². The van der Waals surface area contributed by atoms with E-state index in [0.29, 0.717) is 0 Å². The first-order valence-corrected chi connectivity index (χ1v) is 6.75. The zero-order chi connectivity index (χ0) is 12.3. The van der Waals surface area contributed by atoms with E-state index in [9.17, 15) is 0 Å². The number of hydrogen-bond acceptors (Lipinski definition) is 3. The van der Waals surface area contributed by atoms with Crippen LogP contribution in [-0.4, -0.2) is 11.5 Å². The average molecular weight is 246 g/mol. The fraction of sp³-hybridized carbons (Fsp3) is 0.357. The summed E-state index contributed by atoms with van der Waals surface area (Å²) in [5, 5.41) is 6.78. The number of benzene rings is 1. The van der Waals surface area contributed by atoms with Crippen molar-refractivity contribution < 1.29 is 0 Å². The van der Waals surface area contributed by atoms with E-state index in [0.717, 1.165) is 18.7 Å². The molecule has 0 aliphatic carbocycles. The maximum absolute atomic E-state index is 4.46. The number of aryl methyl sites for hydroxylation is 3. The van der Waals surface area contributed by atoms with Crippen LogP contribution in [0.1, 0.15) is 21.8 Å². The predicted molar refractivity (Wildman–Crippen MR) is 75.0 cm³/mol. The van der Waals surface area contributed by atoms with Gasteiger partial charge in [-0.1, -0.05) is 17.7 Å². The summed E-state index contributed by atoms with van der Waals surface area (Å²) in [6.07, 6.45) is 0.992. The van der Waals surface area contributed by atoms with Crippen LogP contribution in [0.15, 0.2) is 23.6 Å². The van der Waals surface area contributed by atoms with Crippen molar-refractivity contribution in [2.45, 2.75) is 27.2 Å². The summed E-state index contributed by atoms with van der Waals surface area (Å²) >= 11 is 1.74. The molecule has 1 N–H and O–H groups in total. The Morgan fingerprint density at radius 2 is 2.06 bits per heavy atom. The normalized spacial score (nSPS) is 10.5. The van der Waals surface area contributed by atoms with Gasteiger partial charge in [0.15, 0.2) is 0 Å². The van der Waals surface area contributed by atoms with E-state index < -0.39 is 0 Å². The molecule has 0 aliphatic heterocycles. The number of thiazole rings is 1. The van der Waals surface area contributed by atoms with E-state index in [4.69, 9.17) is 0 Å². The van der Waals surface area contributed by atoms with E-state index in [2.05, 4.69) is 47.7 Å². The molecule has 90 valence electrons. The predicted octanol–water partition coefficient (Wildman–Crippen LogP) is 3.72. The summed E-state index contributed by atoms with van der Waals surface area (Å²) in [7, 11) is 0. The molecule has 2 aromatic rings. The summed E-state index contributed by atoms with van der Waals surface area (Å²) in [5.41, 5.74) is 4.96. The molecule has 1 heterocycles. The maximum Gasteiger partial charge on any atom is 0.0945 e. The summed E-state index contributed by atoms with van der Waals surface area (Å²) in [5.74, 6) is 0. The zero-order valence-corrected chi connectivity index (χ0v) is 11.4. The smallest absolute Gasteiger partial charge is 0.0945 e. The van der Waals surface area contributed by atoms with Gasteiger partial charge >= 0.3 is 0 Å². The molecule has 2 nitrogen and oxygen atoms in total. The summed E-state index contributed by atoms with van der Waals surface area (Å²) in [6.45, 7) is 7.24. The number of nitrogens with zero attached hydrogens (tertiary/aromatic N) is 1. The number of nitrogens with one attached hydrogen (secondary N) is 1. The molecule has 0 atom stereocenters. The largest absolute Gasteiger partial charge is 0.384 e. The molecular formula is C14H18N2S. The molecule has 2 rings (SSSR count). The second-order valence-corrected chi connectivity index (χ2v) is 5.32. The first kappa shape index (κ1) is 12.1. The van der Waals surface area contributed by atoms with Gasteiger partial charge in [-0.15, -0.1) is 11.3 Å². The van der Waals surface area contributed by atoms with Crippen LogP contribution in [0.3, 0.4) is 0 Å². The number of rotatable bonds is 4. The van der Waals surface area contributed by atoms with Crippen molar-refractivity contribution in [2.75, 3.05) is 11.9 Å². The summed E-state index contributed by atoms with van der Waals surface area (Å²) < 4.78 is 0.